The van der Waals surface area contributed by atoms with Crippen LogP contribution in [0, 0.1) is 11.8 Å². The Labute approximate surface area is 129 Å². The number of hydrogen-bond acceptors (Lipinski definition) is 5. The average Bonchev–Trinajstić information content (AvgIpc) is 2.98. The maximum atomic E-state index is 8.82. The van der Waals surface area contributed by atoms with E-state index in [4.69, 9.17) is 9.84 Å². The second-order valence-electron chi connectivity index (χ2n) is 4.65. The average molecular weight is 302 g/mol. The number of benzene rings is 1. The largest absolute Gasteiger partial charge is 0.495 e. The molecule has 110 valence electrons. The van der Waals surface area contributed by atoms with Crippen LogP contribution in [0.4, 0.5) is 0 Å². The third-order valence-electron chi connectivity index (χ3n) is 2.93. The van der Waals surface area contributed by atoms with Crippen molar-refractivity contribution in [2.24, 2.45) is 0 Å². The quantitative estimate of drug-likeness (QED) is 0.860. The van der Waals surface area contributed by atoms with Gasteiger partial charge in [-0.2, -0.15) is 0 Å². The molecule has 0 atom stereocenters. The molecule has 0 fully saturated rings. The number of thiazole rings is 1. The van der Waals surface area contributed by atoms with Gasteiger partial charge in [-0.05, 0) is 24.7 Å². The normalized spacial score (nSPS) is 10.3. The minimum Gasteiger partial charge on any atom is -0.495 e. The maximum absolute atomic E-state index is 8.82. The molecule has 0 aliphatic heterocycles. The third-order valence-corrected chi connectivity index (χ3v) is 3.57. The highest BCUT2D eigenvalue weighted by atomic mass is 32.1. The van der Waals surface area contributed by atoms with Crippen molar-refractivity contribution >= 4 is 11.3 Å². The molecule has 0 unspecified atom stereocenters. The molecule has 0 amide bonds. The molecule has 0 spiro atoms. The lowest BCUT2D eigenvalue weighted by Crippen LogP contribution is -2.17. The summed E-state index contributed by atoms with van der Waals surface area (Å²) < 4.78 is 5.28. The van der Waals surface area contributed by atoms with E-state index in [1.807, 2.05) is 23.7 Å². The van der Waals surface area contributed by atoms with E-state index >= 15 is 0 Å². The number of aromatic nitrogens is 1. The first-order valence-electron chi connectivity index (χ1n) is 6.55. The molecule has 2 rings (SSSR count). The van der Waals surface area contributed by atoms with E-state index in [1.54, 1.807) is 18.4 Å². The lowest BCUT2D eigenvalue weighted by molar-refractivity contribution is 0.315. The van der Waals surface area contributed by atoms with Crippen molar-refractivity contribution in [2.45, 2.75) is 13.1 Å². The Morgan fingerprint density at radius 2 is 2.24 bits per heavy atom. The van der Waals surface area contributed by atoms with E-state index in [2.05, 4.69) is 34.2 Å². The molecule has 0 aliphatic carbocycles. The van der Waals surface area contributed by atoms with Crippen molar-refractivity contribution in [1.82, 2.24) is 9.88 Å². The molecule has 0 saturated heterocycles. The lowest BCUT2D eigenvalue weighted by atomic mass is 10.1. The number of ether oxygens (including phenoxy) is 1. The Kier molecular flexibility index (Phi) is 5.76. The van der Waals surface area contributed by atoms with E-state index in [0.29, 0.717) is 0 Å². The molecular weight excluding hydrogens is 284 g/mol. The minimum atomic E-state index is -0.156. The molecule has 1 N–H and O–H groups in total. The summed E-state index contributed by atoms with van der Waals surface area (Å²) in [6, 6.07) is 5.94. The van der Waals surface area contributed by atoms with E-state index in [1.165, 1.54) is 0 Å². The zero-order chi connectivity index (χ0) is 15.1. The second-order valence-corrected chi connectivity index (χ2v) is 5.37. The van der Waals surface area contributed by atoms with E-state index in [9.17, 15) is 0 Å². The smallest absolute Gasteiger partial charge is 0.134 e. The van der Waals surface area contributed by atoms with Crippen LogP contribution < -0.4 is 4.74 Å². The van der Waals surface area contributed by atoms with E-state index < -0.39 is 0 Å². The van der Waals surface area contributed by atoms with Crippen molar-refractivity contribution < 1.29 is 9.84 Å². The van der Waals surface area contributed by atoms with E-state index in [0.717, 1.165) is 35.7 Å². The van der Waals surface area contributed by atoms with Gasteiger partial charge >= 0.3 is 0 Å². The highest BCUT2D eigenvalue weighted by molar-refractivity contribution is 7.07. The number of nitrogens with zero attached hydrogens (tertiary/aromatic N) is 2. The summed E-state index contributed by atoms with van der Waals surface area (Å²) in [4.78, 5) is 6.48. The summed E-state index contributed by atoms with van der Waals surface area (Å²) in [5.74, 6) is 6.30. The fourth-order valence-electron chi connectivity index (χ4n) is 2.05. The van der Waals surface area contributed by atoms with Gasteiger partial charge in [-0.3, -0.25) is 4.90 Å². The van der Waals surface area contributed by atoms with Crippen molar-refractivity contribution in [3.05, 3.63) is 45.9 Å². The molecule has 0 aliphatic rings. The highest BCUT2D eigenvalue weighted by Gasteiger charge is 2.06. The van der Waals surface area contributed by atoms with Crippen LogP contribution in [0.15, 0.2) is 29.1 Å². The Hall–Kier alpha value is -1.87. The standard InChI is InChI=1S/C16H18N2O2S/c1-18(10-15-11-21-12-17-15)9-13-5-6-16(20-2)14(8-13)4-3-7-19/h5-6,8,11-12,19H,7,9-10H2,1-2H3. The molecule has 21 heavy (non-hydrogen) atoms. The van der Waals surface area contributed by atoms with Crippen LogP contribution in [-0.2, 0) is 13.1 Å². The molecule has 1 aromatic carbocycles. The summed E-state index contributed by atoms with van der Waals surface area (Å²) in [6.45, 7) is 1.46. The van der Waals surface area contributed by atoms with Crippen molar-refractivity contribution in [2.75, 3.05) is 20.8 Å². The predicted octanol–water partition coefficient (Wildman–Crippen LogP) is 2.13. The van der Waals surface area contributed by atoms with Gasteiger partial charge in [-0.25, -0.2) is 4.98 Å². The summed E-state index contributed by atoms with van der Waals surface area (Å²) >= 11 is 1.61. The van der Waals surface area contributed by atoms with Crippen LogP contribution in [0.1, 0.15) is 16.8 Å². The van der Waals surface area contributed by atoms with Gasteiger partial charge in [-0.15, -0.1) is 11.3 Å². The maximum Gasteiger partial charge on any atom is 0.134 e. The van der Waals surface area contributed by atoms with Gasteiger partial charge in [0.25, 0.3) is 0 Å². The highest BCUT2D eigenvalue weighted by Crippen LogP contribution is 2.20. The molecule has 0 bridgehead atoms. The lowest BCUT2D eigenvalue weighted by Gasteiger charge is -2.16. The first-order chi connectivity index (χ1) is 10.2. The number of methoxy groups -OCH3 is 1. The van der Waals surface area contributed by atoms with Crippen LogP contribution in [-0.4, -0.2) is 35.8 Å². The predicted molar refractivity (Wildman–Crippen MR) is 84.2 cm³/mol. The van der Waals surface area contributed by atoms with Crippen LogP contribution in [0.25, 0.3) is 0 Å². The molecule has 1 aromatic heterocycles. The van der Waals surface area contributed by atoms with Crippen LogP contribution in [0.5, 0.6) is 5.75 Å². The number of aliphatic hydroxyl groups is 1. The Morgan fingerprint density at radius 1 is 1.38 bits per heavy atom. The fourth-order valence-corrected chi connectivity index (χ4v) is 2.60. The summed E-state index contributed by atoms with van der Waals surface area (Å²) in [6.07, 6.45) is 0. The minimum absolute atomic E-state index is 0.156. The number of hydrogen-bond donors (Lipinski definition) is 1. The molecule has 1 heterocycles. The van der Waals surface area contributed by atoms with Gasteiger partial charge in [0.2, 0.25) is 0 Å². The van der Waals surface area contributed by atoms with Crippen molar-refractivity contribution in [3.63, 3.8) is 0 Å². The Morgan fingerprint density at radius 3 is 2.90 bits per heavy atom. The van der Waals surface area contributed by atoms with Crippen molar-refractivity contribution in [1.29, 1.82) is 0 Å². The Balaban J connectivity index is 2.09. The van der Waals surface area contributed by atoms with Crippen LogP contribution >= 0.6 is 11.3 Å². The van der Waals surface area contributed by atoms with Gasteiger partial charge in [0.1, 0.15) is 12.4 Å². The number of aliphatic hydroxyl groups excluding tert-OH is 1. The van der Waals surface area contributed by atoms with Gasteiger partial charge in [0, 0.05) is 18.5 Å². The molecule has 0 radical (unpaired) electrons. The SMILES string of the molecule is COc1ccc(CN(C)Cc2cscn2)cc1C#CCO. The topological polar surface area (TPSA) is 45.6 Å². The zero-order valence-corrected chi connectivity index (χ0v) is 13.0. The summed E-state index contributed by atoms with van der Waals surface area (Å²) in [5.41, 5.74) is 4.87. The fraction of sp³-hybridized carbons (Fsp3) is 0.312. The van der Waals surface area contributed by atoms with Gasteiger partial charge in [0.15, 0.2) is 0 Å². The number of rotatable bonds is 5. The van der Waals surface area contributed by atoms with Crippen LogP contribution in [0.3, 0.4) is 0 Å². The first-order valence-corrected chi connectivity index (χ1v) is 7.49. The second kappa shape index (κ2) is 7.79. The van der Waals surface area contributed by atoms with Crippen molar-refractivity contribution in [3.8, 4) is 17.6 Å². The molecular formula is C16H18N2O2S. The van der Waals surface area contributed by atoms with Gasteiger partial charge < -0.3 is 9.84 Å². The zero-order valence-electron chi connectivity index (χ0n) is 12.2. The summed E-state index contributed by atoms with van der Waals surface area (Å²) in [5, 5.41) is 10.9. The molecule has 5 heteroatoms. The van der Waals surface area contributed by atoms with Crippen LogP contribution in [0.2, 0.25) is 0 Å². The molecule has 0 saturated carbocycles. The first kappa shape index (κ1) is 15.5. The molecule has 4 nitrogen and oxygen atoms in total. The molecule has 2 aromatic rings. The van der Waals surface area contributed by atoms with Gasteiger partial charge in [-0.1, -0.05) is 17.9 Å². The third kappa shape index (κ3) is 4.57. The monoisotopic (exact) mass is 302 g/mol. The van der Waals surface area contributed by atoms with E-state index in [-0.39, 0.29) is 6.61 Å². The van der Waals surface area contributed by atoms with Gasteiger partial charge in [0.05, 0.1) is 23.9 Å². The summed E-state index contributed by atoms with van der Waals surface area (Å²) in [7, 11) is 3.68. The Bertz CT molecular complexity index is 629.